The van der Waals surface area contributed by atoms with Crippen molar-refractivity contribution >= 4 is 17.5 Å². The lowest BCUT2D eigenvalue weighted by Gasteiger charge is -2.09. The Morgan fingerprint density at radius 2 is 1.91 bits per heavy atom. The first-order valence-electron chi connectivity index (χ1n) is 7.35. The van der Waals surface area contributed by atoms with E-state index in [2.05, 4.69) is 45.7 Å². The van der Waals surface area contributed by atoms with Gasteiger partial charge in [-0.15, -0.1) is 0 Å². The van der Waals surface area contributed by atoms with Gasteiger partial charge in [0.15, 0.2) is 0 Å². The summed E-state index contributed by atoms with van der Waals surface area (Å²) in [6.07, 6.45) is 1.63. The van der Waals surface area contributed by atoms with Gasteiger partial charge in [-0.25, -0.2) is 9.37 Å². The molecule has 0 unspecified atom stereocenters. The quantitative estimate of drug-likeness (QED) is 0.738. The van der Waals surface area contributed by atoms with Crippen molar-refractivity contribution in [3.63, 3.8) is 0 Å². The van der Waals surface area contributed by atoms with Gasteiger partial charge in [0.1, 0.15) is 11.6 Å². The minimum Gasteiger partial charge on any atom is -0.366 e. The molecule has 0 aliphatic rings. The number of para-hydroxylation sites is 1. The second kappa shape index (κ2) is 6.87. The minimum atomic E-state index is -0.339. The molecule has 3 rings (SSSR count). The molecule has 3 aromatic rings. The van der Waals surface area contributed by atoms with Gasteiger partial charge in [-0.05, 0) is 30.7 Å². The maximum Gasteiger partial charge on any atom is 0.229 e. The highest BCUT2D eigenvalue weighted by Gasteiger charge is 2.04. The normalized spacial score (nSPS) is 10.3. The standard InChI is InChI=1S/C18H17FN4/c1-13-5-4-6-14(11-13)12-21-17-9-10-20-18(23-17)22-16-8-3-2-7-15(16)19/h2-11H,12H2,1H3,(H2,20,21,22,23). The van der Waals surface area contributed by atoms with E-state index in [1.807, 2.05) is 6.07 Å². The van der Waals surface area contributed by atoms with Crippen LogP contribution < -0.4 is 10.6 Å². The van der Waals surface area contributed by atoms with E-state index in [0.29, 0.717) is 24.0 Å². The Balaban J connectivity index is 1.69. The second-order valence-corrected chi connectivity index (χ2v) is 5.21. The third-order valence-corrected chi connectivity index (χ3v) is 3.33. The average Bonchev–Trinajstić information content (AvgIpc) is 2.56. The SMILES string of the molecule is Cc1cccc(CNc2ccnc(Nc3ccccc3F)n2)c1. The minimum absolute atomic E-state index is 0.339. The lowest BCUT2D eigenvalue weighted by atomic mass is 10.1. The molecule has 0 saturated carbocycles. The van der Waals surface area contributed by atoms with E-state index in [1.165, 1.54) is 17.2 Å². The molecule has 2 aromatic carbocycles. The zero-order chi connectivity index (χ0) is 16.1. The van der Waals surface area contributed by atoms with Crippen molar-refractivity contribution in [3.05, 3.63) is 77.7 Å². The van der Waals surface area contributed by atoms with Gasteiger partial charge >= 0.3 is 0 Å². The average molecular weight is 308 g/mol. The molecule has 1 heterocycles. The lowest BCUT2D eigenvalue weighted by Crippen LogP contribution is -2.04. The molecule has 0 radical (unpaired) electrons. The van der Waals surface area contributed by atoms with Gasteiger partial charge in [0.2, 0.25) is 5.95 Å². The number of hydrogen-bond acceptors (Lipinski definition) is 4. The molecule has 0 atom stereocenters. The molecule has 0 bridgehead atoms. The van der Waals surface area contributed by atoms with Crippen LogP contribution in [0.2, 0.25) is 0 Å². The first-order chi connectivity index (χ1) is 11.2. The summed E-state index contributed by atoms with van der Waals surface area (Å²) in [5, 5.41) is 6.13. The van der Waals surface area contributed by atoms with E-state index in [0.717, 1.165) is 0 Å². The predicted molar refractivity (Wildman–Crippen MR) is 90.2 cm³/mol. The Labute approximate surface area is 134 Å². The number of benzene rings is 2. The van der Waals surface area contributed by atoms with Gasteiger partial charge in [-0.1, -0.05) is 42.0 Å². The van der Waals surface area contributed by atoms with E-state index in [1.54, 1.807) is 30.5 Å². The van der Waals surface area contributed by atoms with Crippen LogP contribution >= 0.6 is 0 Å². The monoisotopic (exact) mass is 308 g/mol. The highest BCUT2D eigenvalue weighted by atomic mass is 19.1. The van der Waals surface area contributed by atoms with Crippen molar-refractivity contribution < 1.29 is 4.39 Å². The van der Waals surface area contributed by atoms with Crippen molar-refractivity contribution in [1.82, 2.24) is 9.97 Å². The predicted octanol–water partition coefficient (Wildman–Crippen LogP) is 4.28. The van der Waals surface area contributed by atoms with E-state index >= 15 is 0 Å². The molecule has 23 heavy (non-hydrogen) atoms. The fourth-order valence-electron chi connectivity index (χ4n) is 2.22. The summed E-state index contributed by atoms with van der Waals surface area (Å²) in [5.74, 6) is 0.693. The third-order valence-electron chi connectivity index (χ3n) is 3.33. The number of nitrogens with one attached hydrogen (secondary N) is 2. The van der Waals surface area contributed by atoms with Crippen LogP contribution in [0.25, 0.3) is 0 Å². The molecule has 0 aliphatic heterocycles. The summed E-state index contributed by atoms with van der Waals surface area (Å²) in [5.41, 5.74) is 2.74. The Hall–Kier alpha value is -2.95. The number of anilines is 3. The Morgan fingerprint density at radius 1 is 1.04 bits per heavy atom. The zero-order valence-corrected chi connectivity index (χ0v) is 12.8. The summed E-state index contributed by atoms with van der Waals surface area (Å²) < 4.78 is 13.6. The number of halogens is 1. The summed E-state index contributed by atoms with van der Waals surface area (Å²) in [6.45, 7) is 2.72. The smallest absolute Gasteiger partial charge is 0.229 e. The van der Waals surface area contributed by atoms with Gasteiger partial charge in [0, 0.05) is 12.7 Å². The van der Waals surface area contributed by atoms with Crippen LogP contribution in [-0.2, 0) is 6.54 Å². The van der Waals surface area contributed by atoms with Crippen molar-refractivity contribution in [2.24, 2.45) is 0 Å². The summed E-state index contributed by atoms with van der Waals surface area (Å²) in [6, 6.07) is 16.5. The van der Waals surface area contributed by atoms with Crippen LogP contribution in [-0.4, -0.2) is 9.97 Å². The molecule has 4 nitrogen and oxygen atoms in total. The number of nitrogens with zero attached hydrogens (tertiary/aromatic N) is 2. The third kappa shape index (κ3) is 4.03. The molecule has 5 heteroatoms. The molecular weight excluding hydrogens is 291 g/mol. The molecule has 1 aromatic heterocycles. The molecule has 0 amide bonds. The maximum atomic E-state index is 13.6. The topological polar surface area (TPSA) is 49.8 Å². The van der Waals surface area contributed by atoms with Crippen LogP contribution in [0.15, 0.2) is 60.8 Å². The summed E-state index contributed by atoms with van der Waals surface area (Å²) in [4.78, 5) is 8.46. The van der Waals surface area contributed by atoms with Crippen LogP contribution in [0, 0.1) is 12.7 Å². The number of rotatable bonds is 5. The molecule has 0 aliphatic carbocycles. The van der Waals surface area contributed by atoms with Gasteiger partial charge < -0.3 is 10.6 Å². The summed E-state index contributed by atoms with van der Waals surface area (Å²) in [7, 11) is 0. The van der Waals surface area contributed by atoms with Crippen molar-refractivity contribution in [2.45, 2.75) is 13.5 Å². The van der Waals surface area contributed by atoms with Crippen molar-refractivity contribution in [1.29, 1.82) is 0 Å². The van der Waals surface area contributed by atoms with Crippen LogP contribution in [0.5, 0.6) is 0 Å². The fourth-order valence-corrected chi connectivity index (χ4v) is 2.22. The largest absolute Gasteiger partial charge is 0.366 e. The van der Waals surface area contributed by atoms with Crippen LogP contribution in [0.4, 0.5) is 21.8 Å². The van der Waals surface area contributed by atoms with E-state index in [4.69, 9.17) is 0 Å². The number of aromatic nitrogens is 2. The fraction of sp³-hybridized carbons (Fsp3) is 0.111. The number of aryl methyl sites for hydroxylation is 1. The highest BCUT2D eigenvalue weighted by molar-refractivity contribution is 5.55. The molecular formula is C18H17FN4. The van der Waals surface area contributed by atoms with Crippen molar-refractivity contribution in [2.75, 3.05) is 10.6 Å². The van der Waals surface area contributed by atoms with Crippen LogP contribution in [0.1, 0.15) is 11.1 Å². The highest BCUT2D eigenvalue weighted by Crippen LogP contribution is 2.17. The van der Waals surface area contributed by atoms with Gasteiger partial charge in [-0.2, -0.15) is 4.98 Å². The Kier molecular flexibility index (Phi) is 4.47. The molecule has 0 spiro atoms. The maximum absolute atomic E-state index is 13.6. The van der Waals surface area contributed by atoms with E-state index in [9.17, 15) is 4.39 Å². The zero-order valence-electron chi connectivity index (χ0n) is 12.8. The second-order valence-electron chi connectivity index (χ2n) is 5.21. The van der Waals surface area contributed by atoms with E-state index in [-0.39, 0.29) is 5.82 Å². The van der Waals surface area contributed by atoms with Gasteiger partial charge in [0.25, 0.3) is 0 Å². The Bertz CT molecular complexity index is 804. The van der Waals surface area contributed by atoms with Gasteiger partial charge in [-0.3, -0.25) is 0 Å². The van der Waals surface area contributed by atoms with Crippen molar-refractivity contribution in [3.8, 4) is 0 Å². The first-order valence-corrected chi connectivity index (χ1v) is 7.35. The lowest BCUT2D eigenvalue weighted by molar-refractivity contribution is 0.631. The molecule has 0 saturated heterocycles. The summed E-state index contributed by atoms with van der Waals surface area (Å²) >= 11 is 0. The molecule has 0 fully saturated rings. The first kappa shape index (κ1) is 15.0. The Morgan fingerprint density at radius 3 is 2.74 bits per heavy atom. The van der Waals surface area contributed by atoms with Crippen LogP contribution in [0.3, 0.4) is 0 Å². The number of hydrogen-bond donors (Lipinski definition) is 2. The van der Waals surface area contributed by atoms with Gasteiger partial charge in [0.05, 0.1) is 5.69 Å². The molecule has 116 valence electrons. The molecule has 2 N–H and O–H groups in total. The van der Waals surface area contributed by atoms with E-state index < -0.39 is 0 Å².